The molecule has 0 aliphatic rings. The molecule has 4 aromatic rings. The van der Waals surface area contributed by atoms with Gasteiger partial charge in [-0.15, -0.1) is 0 Å². The number of amides is 2. The van der Waals surface area contributed by atoms with Crippen LogP contribution in [-0.2, 0) is 0 Å². The third-order valence-electron chi connectivity index (χ3n) is 5.08. The predicted octanol–water partition coefficient (Wildman–Crippen LogP) is 6.28. The molecular formula is C27H26N2O4. The molecule has 168 valence electrons. The molecule has 4 rings (SSSR count). The van der Waals surface area contributed by atoms with Crippen LogP contribution >= 0.6 is 0 Å². The SMILES string of the molecule is Cc1cc(NC(=O)c2ccc(OCC(C)C)cc2)ccc1NC(=O)c1cc2ccccc2o1. The quantitative estimate of drug-likeness (QED) is 0.353. The highest BCUT2D eigenvalue weighted by Crippen LogP contribution is 2.24. The van der Waals surface area contributed by atoms with Crippen molar-refractivity contribution in [3.05, 3.63) is 89.7 Å². The van der Waals surface area contributed by atoms with Crippen molar-refractivity contribution in [3.63, 3.8) is 0 Å². The summed E-state index contributed by atoms with van der Waals surface area (Å²) in [5.41, 5.74) is 3.29. The van der Waals surface area contributed by atoms with E-state index in [0.717, 1.165) is 16.7 Å². The van der Waals surface area contributed by atoms with E-state index in [0.29, 0.717) is 35.0 Å². The van der Waals surface area contributed by atoms with Crippen LogP contribution in [0.2, 0.25) is 0 Å². The van der Waals surface area contributed by atoms with Crippen LogP contribution in [0.5, 0.6) is 5.75 Å². The molecule has 0 unspecified atom stereocenters. The summed E-state index contributed by atoms with van der Waals surface area (Å²) in [4.78, 5) is 25.2. The Balaban J connectivity index is 1.39. The van der Waals surface area contributed by atoms with Crippen LogP contribution in [0.15, 0.2) is 77.2 Å². The molecule has 33 heavy (non-hydrogen) atoms. The van der Waals surface area contributed by atoms with Gasteiger partial charge in [0, 0.05) is 22.3 Å². The minimum Gasteiger partial charge on any atom is -0.493 e. The maximum atomic E-state index is 12.6. The van der Waals surface area contributed by atoms with E-state index < -0.39 is 0 Å². The van der Waals surface area contributed by atoms with Crippen molar-refractivity contribution < 1.29 is 18.7 Å². The van der Waals surface area contributed by atoms with Crippen LogP contribution in [0.4, 0.5) is 11.4 Å². The highest BCUT2D eigenvalue weighted by Gasteiger charge is 2.14. The lowest BCUT2D eigenvalue weighted by Crippen LogP contribution is -2.14. The first kappa shape index (κ1) is 22.1. The number of carbonyl (C=O) groups excluding carboxylic acids is 2. The van der Waals surface area contributed by atoms with Crippen LogP contribution in [0.1, 0.15) is 40.3 Å². The third kappa shape index (κ3) is 5.41. The van der Waals surface area contributed by atoms with Crippen molar-refractivity contribution in [2.45, 2.75) is 20.8 Å². The molecule has 0 radical (unpaired) electrons. The fourth-order valence-corrected chi connectivity index (χ4v) is 3.33. The summed E-state index contributed by atoms with van der Waals surface area (Å²) in [7, 11) is 0. The average Bonchev–Trinajstić information content (AvgIpc) is 3.24. The molecule has 3 aromatic carbocycles. The summed E-state index contributed by atoms with van der Waals surface area (Å²) in [6.07, 6.45) is 0. The summed E-state index contributed by atoms with van der Waals surface area (Å²) in [5.74, 6) is 0.867. The predicted molar refractivity (Wildman–Crippen MR) is 130 cm³/mol. The lowest BCUT2D eigenvalue weighted by Gasteiger charge is -2.11. The summed E-state index contributed by atoms with van der Waals surface area (Å²) >= 11 is 0. The van der Waals surface area contributed by atoms with Gasteiger partial charge in [-0.25, -0.2) is 0 Å². The molecule has 1 heterocycles. The highest BCUT2D eigenvalue weighted by molar-refractivity contribution is 6.06. The van der Waals surface area contributed by atoms with Crippen LogP contribution < -0.4 is 15.4 Å². The first-order valence-corrected chi connectivity index (χ1v) is 10.8. The van der Waals surface area contributed by atoms with Gasteiger partial charge < -0.3 is 19.8 Å². The Hall–Kier alpha value is -4.06. The summed E-state index contributed by atoms with van der Waals surface area (Å²) in [5, 5.41) is 6.63. The van der Waals surface area contributed by atoms with E-state index in [1.54, 1.807) is 42.5 Å². The number of fused-ring (bicyclic) bond motifs is 1. The summed E-state index contributed by atoms with van der Waals surface area (Å²) in [6, 6.07) is 21.6. The second-order valence-electron chi connectivity index (χ2n) is 8.32. The van der Waals surface area contributed by atoms with Gasteiger partial charge in [0.25, 0.3) is 11.8 Å². The number of anilines is 2. The van der Waals surface area contributed by atoms with Crippen molar-refractivity contribution in [1.29, 1.82) is 0 Å². The van der Waals surface area contributed by atoms with Crippen LogP contribution in [-0.4, -0.2) is 18.4 Å². The van der Waals surface area contributed by atoms with Crippen molar-refractivity contribution in [2.75, 3.05) is 17.2 Å². The number of hydrogen-bond donors (Lipinski definition) is 2. The number of aryl methyl sites for hydroxylation is 1. The molecule has 0 saturated carbocycles. The normalized spacial score (nSPS) is 10.9. The number of benzene rings is 3. The van der Waals surface area contributed by atoms with Crippen LogP contribution in [0.3, 0.4) is 0 Å². The van der Waals surface area contributed by atoms with Gasteiger partial charge in [0.15, 0.2) is 5.76 Å². The minimum absolute atomic E-state index is 0.219. The maximum Gasteiger partial charge on any atom is 0.291 e. The smallest absolute Gasteiger partial charge is 0.291 e. The highest BCUT2D eigenvalue weighted by atomic mass is 16.5. The Kier molecular flexibility index (Phi) is 6.45. The number of rotatable bonds is 7. The Morgan fingerprint density at radius 1 is 0.909 bits per heavy atom. The lowest BCUT2D eigenvalue weighted by atomic mass is 10.1. The van der Waals surface area contributed by atoms with Gasteiger partial charge in [0.05, 0.1) is 6.61 Å². The fourth-order valence-electron chi connectivity index (χ4n) is 3.33. The maximum absolute atomic E-state index is 12.6. The molecule has 2 amide bonds. The molecule has 0 atom stereocenters. The molecule has 0 aliphatic carbocycles. The molecule has 0 bridgehead atoms. The molecule has 0 aliphatic heterocycles. The Morgan fingerprint density at radius 3 is 2.36 bits per heavy atom. The zero-order chi connectivity index (χ0) is 23.4. The van der Waals surface area contributed by atoms with Crippen molar-refractivity contribution >= 4 is 34.2 Å². The van der Waals surface area contributed by atoms with Gasteiger partial charge >= 0.3 is 0 Å². The van der Waals surface area contributed by atoms with E-state index in [-0.39, 0.29) is 17.6 Å². The van der Waals surface area contributed by atoms with Gasteiger partial charge in [-0.1, -0.05) is 32.0 Å². The standard InChI is InChI=1S/C27H26N2O4/c1-17(2)16-32-22-11-8-19(9-12-22)26(30)28-21-10-13-23(18(3)14-21)29-27(31)25-15-20-6-4-5-7-24(20)33-25/h4-15,17H,16H2,1-3H3,(H,28,30)(H,29,31). The van der Waals surface area contributed by atoms with E-state index in [1.807, 2.05) is 37.3 Å². The number of ether oxygens (including phenoxy) is 1. The molecule has 6 heteroatoms. The monoisotopic (exact) mass is 442 g/mol. The van der Waals surface area contributed by atoms with Gasteiger partial charge in [-0.3, -0.25) is 9.59 Å². The Bertz CT molecular complexity index is 1260. The Morgan fingerprint density at radius 2 is 1.67 bits per heavy atom. The first-order valence-electron chi connectivity index (χ1n) is 10.8. The second-order valence-corrected chi connectivity index (χ2v) is 8.32. The Labute approximate surface area is 192 Å². The number of carbonyl (C=O) groups is 2. The van der Waals surface area contributed by atoms with E-state index in [4.69, 9.17) is 9.15 Å². The largest absolute Gasteiger partial charge is 0.493 e. The minimum atomic E-state index is -0.328. The first-order chi connectivity index (χ1) is 15.9. The van der Waals surface area contributed by atoms with Crippen molar-refractivity contribution in [2.24, 2.45) is 5.92 Å². The summed E-state index contributed by atoms with van der Waals surface area (Å²) in [6.45, 7) is 6.66. The number of nitrogens with one attached hydrogen (secondary N) is 2. The molecule has 0 spiro atoms. The van der Waals surface area contributed by atoms with Crippen LogP contribution in [0, 0.1) is 12.8 Å². The summed E-state index contributed by atoms with van der Waals surface area (Å²) < 4.78 is 11.3. The van der Waals surface area contributed by atoms with Gasteiger partial charge in [0.2, 0.25) is 0 Å². The van der Waals surface area contributed by atoms with Gasteiger partial charge in [0.1, 0.15) is 11.3 Å². The van der Waals surface area contributed by atoms with Crippen molar-refractivity contribution in [1.82, 2.24) is 0 Å². The molecule has 6 nitrogen and oxygen atoms in total. The molecule has 1 aromatic heterocycles. The zero-order valence-electron chi connectivity index (χ0n) is 18.8. The molecular weight excluding hydrogens is 416 g/mol. The number of hydrogen-bond acceptors (Lipinski definition) is 4. The number of furan rings is 1. The molecule has 0 fully saturated rings. The second kappa shape index (κ2) is 9.61. The van der Waals surface area contributed by atoms with E-state index >= 15 is 0 Å². The molecule has 2 N–H and O–H groups in total. The van der Waals surface area contributed by atoms with E-state index in [2.05, 4.69) is 24.5 Å². The van der Waals surface area contributed by atoms with Gasteiger partial charge in [-0.05, 0) is 73.0 Å². The van der Waals surface area contributed by atoms with Crippen LogP contribution in [0.25, 0.3) is 11.0 Å². The fraction of sp³-hybridized carbons (Fsp3) is 0.185. The lowest BCUT2D eigenvalue weighted by molar-refractivity contribution is 0.0996. The zero-order valence-corrected chi connectivity index (χ0v) is 18.8. The van der Waals surface area contributed by atoms with Gasteiger partial charge in [-0.2, -0.15) is 0 Å². The van der Waals surface area contributed by atoms with Crippen molar-refractivity contribution in [3.8, 4) is 5.75 Å². The topological polar surface area (TPSA) is 80.6 Å². The van der Waals surface area contributed by atoms with E-state index in [1.165, 1.54) is 0 Å². The third-order valence-corrected chi connectivity index (χ3v) is 5.08. The average molecular weight is 443 g/mol. The van der Waals surface area contributed by atoms with E-state index in [9.17, 15) is 9.59 Å². The number of para-hydroxylation sites is 1. The molecule has 0 saturated heterocycles.